The topological polar surface area (TPSA) is 286 Å². The lowest BCUT2D eigenvalue weighted by molar-refractivity contribution is -0.120. The number of primary amides is 2. The Bertz CT molecular complexity index is 2470. The first-order valence-electron chi connectivity index (χ1n) is 18.5. The summed E-state index contributed by atoms with van der Waals surface area (Å²) in [4.78, 5) is 52.4. The number of anilines is 2. The molecule has 0 aromatic heterocycles. The van der Waals surface area contributed by atoms with Crippen LogP contribution in [0.4, 0.5) is 11.4 Å². The molecule has 0 spiro atoms. The number of hydrogen-bond donors (Lipinski definition) is 5. The summed E-state index contributed by atoms with van der Waals surface area (Å²) in [5.74, 6) is -2.68. The van der Waals surface area contributed by atoms with Gasteiger partial charge in [0.15, 0.2) is 23.0 Å². The smallest absolute Gasteiger partial charge is 0.313 e. The first kappa shape index (κ1) is 48.1. The van der Waals surface area contributed by atoms with Crippen LogP contribution in [0.25, 0.3) is 0 Å². The fourth-order valence-corrected chi connectivity index (χ4v) is 8.32. The van der Waals surface area contributed by atoms with Gasteiger partial charge in [-0.3, -0.25) is 23.7 Å². The molecule has 0 saturated heterocycles. The molecule has 0 heterocycles. The molecule has 62 heavy (non-hydrogen) atoms. The van der Waals surface area contributed by atoms with Gasteiger partial charge in [0, 0.05) is 35.6 Å². The Morgan fingerprint density at radius 3 is 1.53 bits per heavy atom. The second kappa shape index (κ2) is 21.8. The van der Waals surface area contributed by atoms with Crippen molar-refractivity contribution in [3.63, 3.8) is 0 Å². The van der Waals surface area contributed by atoms with E-state index < -0.39 is 68.4 Å². The van der Waals surface area contributed by atoms with E-state index in [1.54, 1.807) is 36.4 Å². The molecule has 0 aliphatic heterocycles. The Morgan fingerprint density at radius 1 is 0.629 bits per heavy atom. The van der Waals surface area contributed by atoms with Crippen molar-refractivity contribution in [2.75, 3.05) is 70.3 Å². The second-order valence-electron chi connectivity index (χ2n) is 13.3. The van der Waals surface area contributed by atoms with Crippen LogP contribution in [-0.2, 0) is 46.9 Å². The molecule has 22 heteroatoms. The Balaban J connectivity index is 1.60. The summed E-state index contributed by atoms with van der Waals surface area (Å²) in [6, 6.07) is 20.4. The molecule has 0 aliphatic rings. The van der Waals surface area contributed by atoms with Crippen LogP contribution >= 0.6 is 0 Å². The predicted octanol–water partition coefficient (Wildman–Crippen LogP) is 1.42. The third-order valence-electron chi connectivity index (χ3n) is 9.03. The predicted molar refractivity (Wildman–Crippen MR) is 227 cm³/mol. The maximum atomic E-state index is 13.9. The highest BCUT2D eigenvalue weighted by molar-refractivity contribution is 7.89. The minimum atomic E-state index is -5.56. The van der Waals surface area contributed by atoms with Gasteiger partial charge >= 0.3 is 10.1 Å². The maximum absolute atomic E-state index is 13.9. The molecule has 0 aliphatic carbocycles. The highest BCUT2D eigenvalue weighted by Crippen LogP contribution is 2.29. The van der Waals surface area contributed by atoms with E-state index >= 15 is 0 Å². The summed E-state index contributed by atoms with van der Waals surface area (Å²) >= 11 is 0. The summed E-state index contributed by atoms with van der Waals surface area (Å²) in [6.45, 7) is -1.50. The van der Waals surface area contributed by atoms with Crippen molar-refractivity contribution in [1.29, 1.82) is 0 Å². The number of carbonyl (C=O) groups is 4. The minimum Gasteiger partial charge on any atom is -0.493 e. The lowest BCUT2D eigenvalue weighted by Crippen LogP contribution is -2.50. The lowest BCUT2D eigenvalue weighted by atomic mass is 10.1. The maximum Gasteiger partial charge on any atom is 0.313 e. The molecule has 334 valence electrons. The lowest BCUT2D eigenvalue weighted by Gasteiger charge is -2.31. The summed E-state index contributed by atoms with van der Waals surface area (Å²) in [5.41, 5.74) is 9.13. The number of methoxy groups -OCH3 is 4. The zero-order valence-corrected chi connectivity index (χ0v) is 35.9. The monoisotopic (exact) mass is 900 g/mol. The van der Waals surface area contributed by atoms with Gasteiger partial charge in [0.05, 0.1) is 35.0 Å². The first-order valence-corrected chi connectivity index (χ1v) is 21.6. The zero-order chi connectivity index (χ0) is 45.6. The van der Waals surface area contributed by atoms with E-state index in [2.05, 4.69) is 10.6 Å². The van der Waals surface area contributed by atoms with Gasteiger partial charge in [-0.1, -0.05) is 24.3 Å². The molecule has 0 bridgehead atoms. The van der Waals surface area contributed by atoms with Crippen LogP contribution in [0.3, 0.4) is 0 Å². The SMILES string of the molecule is COc1ccc(CCNC(=O)CN(CS(=O)(=O)OC(N(CC(=O)NCCc2ccc(OC)c(OC)c2)c2cccc(C(N)=O)c2)S(=O)(=O)O)c2cccc(C(N)=O)c2)cc1OC. The Labute approximate surface area is 358 Å². The van der Waals surface area contributed by atoms with Crippen molar-refractivity contribution in [3.8, 4) is 23.0 Å². The van der Waals surface area contributed by atoms with Gasteiger partial charge in [-0.25, -0.2) is 4.18 Å². The average molecular weight is 901 g/mol. The molecule has 1 atom stereocenters. The molecule has 4 amide bonds. The van der Waals surface area contributed by atoms with Crippen LogP contribution in [0.5, 0.6) is 23.0 Å². The standard InChI is InChI=1S/C40H48N6O14S2/c1-56-32-13-11-26(19-34(32)58-3)15-17-43-36(47)23-45(30-9-5-7-28(21-30)38(41)49)25-61(51,52)60-40(62(53,54)55)46(31-10-6-8-29(22-31)39(42)50)24-37(48)44-18-16-27-12-14-33(57-2)35(20-27)59-4/h5-14,19-22,40H,15-18,23-25H2,1-4H3,(H2,41,49)(H2,42,50)(H,43,47)(H,44,48)(H,53,54,55). The van der Waals surface area contributed by atoms with E-state index in [1.165, 1.54) is 70.9 Å². The van der Waals surface area contributed by atoms with Gasteiger partial charge in [0.2, 0.25) is 23.6 Å². The number of benzene rings is 4. The van der Waals surface area contributed by atoms with Crippen molar-refractivity contribution >= 4 is 55.2 Å². The number of amides is 4. The molecular weight excluding hydrogens is 853 g/mol. The van der Waals surface area contributed by atoms with Gasteiger partial charge in [-0.15, -0.1) is 0 Å². The number of nitrogens with one attached hydrogen (secondary N) is 2. The normalized spacial score (nSPS) is 11.8. The van der Waals surface area contributed by atoms with Crippen LogP contribution in [-0.4, -0.2) is 111 Å². The van der Waals surface area contributed by atoms with Crippen molar-refractivity contribution in [1.82, 2.24) is 10.6 Å². The van der Waals surface area contributed by atoms with Gasteiger partial charge in [0.1, 0.15) is 12.4 Å². The molecule has 7 N–H and O–H groups in total. The second-order valence-corrected chi connectivity index (χ2v) is 16.3. The van der Waals surface area contributed by atoms with Gasteiger partial charge in [0.25, 0.3) is 15.7 Å². The number of rotatable bonds is 24. The van der Waals surface area contributed by atoms with Crippen LogP contribution in [0, 0.1) is 0 Å². The largest absolute Gasteiger partial charge is 0.493 e. The van der Waals surface area contributed by atoms with E-state index in [0.29, 0.717) is 34.3 Å². The van der Waals surface area contributed by atoms with E-state index in [-0.39, 0.29) is 42.0 Å². The number of hydrogen-bond acceptors (Lipinski definition) is 15. The fraction of sp³-hybridized carbons (Fsp3) is 0.300. The average Bonchev–Trinajstić information content (AvgIpc) is 3.24. The molecule has 4 aromatic rings. The van der Waals surface area contributed by atoms with Crippen LogP contribution in [0.2, 0.25) is 0 Å². The Kier molecular flexibility index (Phi) is 16.9. The van der Waals surface area contributed by atoms with Gasteiger partial charge < -0.3 is 50.8 Å². The molecule has 20 nitrogen and oxygen atoms in total. The summed E-state index contributed by atoms with van der Waals surface area (Å²) in [7, 11) is -4.84. The van der Waals surface area contributed by atoms with Crippen LogP contribution in [0.1, 0.15) is 31.8 Å². The number of carbonyl (C=O) groups excluding carboxylic acids is 4. The Hall–Kier alpha value is -6.62. The summed E-state index contributed by atoms with van der Waals surface area (Å²) in [6.07, 6.45) is 0.601. The molecule has 4 rings (SSSR count). The molecule has 0 fully saturated rings. The zero-order valence-electron chi connectivity index (χ0n) is 34.2. The third kappa shape index (κ3) is 13.7. The fourth-order valence-electron chi connectivity index (χ4n) is 6.01. The molecule has 4 aromatic carbocycles. The number of ether oxygens (including phenoxy) is 4. The van der Waals surface area contributed by atoms with Crippen molar-refractivity contribution in [2.45, 2.75) is 18.4 Å². The van der Waals surface area contributed by atoms with Crippen molar-refractivity contribution in [2.24, 2.45) is 11.5 Å². The van der Waals surface area contributed by atoms with E-state index in [1.807, 2.05) is 0 Å². The van der Waals surface area contributed by atoms with Crippen LogP contribution < -0.4 is 50.8 Å². The van der Waals surface area contributed by atoms with Crippen LogP contribution in [0.15, 0.2) is 84.9 Å². The summed E-state index contributed by atoms with van der Waals surface area (Å²) < 4.78 is 90.7. The summed E-state index contributed by atoms with van der Waals surface area (Å²) in [5, 5.41) is 5.28. The highest BCUT2D eigenvalue weighted by atomic mass is 32.2. The molecule has 1 unspecified atom stereocenters. The van der Waals surface area contributed by atoms with Crippen molar-refractivity contribution < 1.29 is 63.7 Å². The van der Waals surface area contributed by atoms with E-state index in [9.17, 15) is 40.6 Å². The molecule has 0 radical (unpaired) electrons. The van der Waals surface area contributed by atoms with E-state index in [0.717, 1.165) is 22.1 Å². The van der Waals surface area contributed by atoms with Crippen molar-refractivity contribution in [3.05, 3.63) is 107 Å². The third-order valence-corrected chi connectivity index (χ3v) is 11.1. The number of nitrogens with two attached hydrogens (primary N) is 2. The van der Waals surface area contributed by atoms with E-state index in [4.69, 9.17) is 34.6 Å². The Morgan fingerprint density at radius 2 is 1.08 bits per heavy atom. The molecular formula is C40H48N6O14S2. The minimum absolute atomic E-state index is 0.00760. The first-order chi connectivity index (χ1) is 29.4. The quantitative estimate of drug-likeness (QED) is 0.0378. The van der Waals surface area contributed by atoms with Gasteiger partial charge in [-0.2, -0.15) is 16.8 Å². The van der Waals surface area contributed by atoms with Gasteiger partial charge in [-0.05, 0) is 84.6 Å². The highest BCUT2D eigenvalue weighted by Gasteiger charge is 2.38. The molecule has 0 saturated carbocycles. The number of nitrogens with zero attached hydrogens (tertiary/aromatic N) is 2.